The molecular weight excluding hydrogens is 405 g/mol. The van der Waals surface area contributed by atoms with Crippen molar-refractivity contribution in [2.45, 2.75) is 57.5 Å². The van der Waals surface area contributed by atoms with Gasteiger partial charge in [-0.25, -0.2) is 9.97 Å². The summed E-state index contributed by atoms with van der Waals surface area (Å²) in [4.78, 5) is 7.35. The van der Waals surface area contributed by atoms with Gasteiger partial charge in [-0.1, -0.05) is 31.8 Å². The monoisotopic (exact) mass is 430 g/mol. The Kier molecular flexibility index (Phi) is 5.97. The van der Waals surface area contributed by atoms with Crippen molar-refractivity contribution in [3.63, 3.8) is 0 Å². The van der Waals surface area contributed by atoms with Crippen LogP contribution in [-0.2, 0) is 17.5 Å². The van der Waals surface area contributed by atoms with Crippen molar-refractivity contribution >= 4 is 19.3 Å². The molecule has 0 radical (unpaired) electrons. The van der Waals surface area contributed by atoms with Gasteiger partial charge in [-0.3, -0.25) is 4.68 Å². The molecule has 8 nitrogen and oxygen atoms in total. The van der Waals surface area contributed by atoms with Crippen LogP contribution in [0, 0.1) is 5.92 Å². The van der Waals surface area contributed by atoms with Crippen molar-refractivity contribution in [1.82, 2.24) is 25.0 Å². The number of anilines is 1. The third-order valence-electron chi connectivity index (χ3n) is 4.98. The summed E-state index contributed by atoms with van der Waals surface area (Å²) < 4.78 is 45.9. The number of rotatable bonds is 5. The quantitative estimate of drug-likeness (QED) is 0.694. The number of aromatic nitrogens is 5. The first-order valence-corrected chi connectivity index (χ1v) is 12.8. The second-order valence-corrected chi connectivity index (χ2v) is 13.3. The van der Waals surface area contributed by atoms with Gasteiger partial charge in [0, 0.05) is 18.3 Å². The Bertz CT molecular complexity index is 841. The average molecular weight is 431 g/mol. The van der Waals surface area contributed by atoms with Crippen molar-refractivity contribution in [3.8, 4) is 0 Å². The standard InChI is InChI=1S/C17H25F3N6O2Si/c1-10-11(22-16-21-6-5-13(23-16)17(18,19)20)9-28-12(15(10)27)7-26-8-14(24-25-26)29(2,3)4/h5-6,8,10-12,15,27H,7,9H2,1-4H3,(H,21,22,23)/t10-,11+,12-,15-/m1/s1. The molecule has 1 saturated heterocycles. The normalized spacial score (nSPS) is 25.8. The number of alkyl halides is 3. The van der Waals surface area contributed by atoms with Crippen molar-refractivity contribution in [1.29, 1.82) is 0 Å². The lowest BCUT2D eigenvalue weighted by Crippen LogP contribution is -2.52. The molecule has 3 rings (SSSR count). The maximum atomic E-state index is 12.8. The van der Waals surface area contributed by atoms with Crippen molar-refractivity contribution in [3.05, 3.63) is 24.2 Å². The molecule has 0 aliphatic carbocycles. The van der Waals surface area contributed by atoms with E-state index in [1.165, 1.54) is 0 Å². The summed E-state index contributed by atoms with van der Waals surface area (Å²) in [5, 5.41) is 22.8. The van der Waals surface area contributed by atoms with Crippen LogP contribution in [0.4, 0.5) is 19.1 Å². The van der Waals surface area contributed by atoms with E-state index >= 15 is 0 Å². The zero-order valence-electron chi connectivity index (χ0n) is 16.7. The smallest absolute Gasteiger partial charge is 0.390 e. The van der Waals surface area contributed by atoms with Crippen LogP contribution in [0.5, 0.6) is 0 Å². The van der Waals surface area contributed by atoms with Crippen LogP contribution in [0.3, 0.4) is 0 Å². The minimum atomic E-state index is -4.55. The van der Waals surface area contributed by atoms with E-state index in [4.69, 9.17) is 4.74 Å². The molecule has 0 amide bonds. The van der Waals surface area contributed by atoms with Gasteiger partial charge in [-0.15, -0.1) is 5.10 Å². The Morgan fingerprint density at radius 3 is 2.69 bits per heavy atom. The highest BCUT2D eigenvalue weighted by molar-refractivity contribution is 6.88. The Hall–Kier alpha value is -2.05. The van der Waals surface area contributed by atoms with Gasteiger partial charge in [-0.2, -0.15) is 13.2 Å². The Morgan fingerprint density at radius 2 is 2.07 bits per heavy atom. The van der Waals surface area contributed by atoms with Crippen LogP contribution < -0.4 is 10.6 Å². The fourth-order valence-electron chi connectivity index (χ4n) is 3.06. The largest absolute Gasteiger partial charge is 0.433 e. The van der Waals surface area contributed by atoms with Crippen LogP contribution in [0.25, 0.3) is 0 Å². The van der Waals surface area contributed by atoms with Gasteiger partial charge < -0.3 is 15.2 Å². The molecule has 12 heteroatoms. The molecule has 0 spiro atoms. The topological polar surface area (TPSA) is 98.0 Å². The van der Waals surface area contributed by atoms with E-state index in [0.29, 0.717) is 6.54 Å². The van der Waals surface area contributed by atoms with Gasteiger partial charge in [-0.05, 0) is 6.07 Å². The molecule has 2 N–H and O–H groups in total. The second-order valence-electron chi connectivity index (χ2n) is 8.31. The fourth-order valence-corrected chi connectivity index (χ4v) is 3.94. The number of hydrogen-bond donors (Lipinski definition) is 2. The molecule has 160 valence electrons. The first-order chi connectivity index (χ1) is 13.4. The molecule has 2 aromatic rings. The van der Waals surface area contributed by atoms with Gasteiger partial charge in [0.15, 0.2) is 0 Å². The molecule has 0 bridgehead atoms. The van der Waals surface area contributed by atoms with Crippen LogP contribution in [0.1, 0.15) is 12.6 Å². The third kappa shape index (κ3) is 5.11. The van der Waals surface area contributed by atoms with E-state index < -0.39 is 38.2 Å². The average Bonchev–Trinajstić information content (AvgIpc) is 3.10. The van der Waals surface area contributed by atoms with Crippen molar-refractivity contribution in [2.24, 2.45) is 5.92 Å². The lowest BCUT2D eigenvalue weighted by molar-refractivity contribution is -0.141. The molecule has 1 fully saturated rings. The van der Waals surface area contributed by atoms with Gasteiger partial charge >= 0.3 is 6.18 Å². The maximum Gasteiger partial charge on any atom is 0.433 e. The van der Waals surface area contributed by atoms with Gasteiger partial charge in [0.25, 0.3) is 0 Å². The zero-order valence-corrected chi connectivity index (χ0v) is 17.7. The second kappa shape index (κ2) is 7.99. The molecule has 0 unspecified atom stereocenters. The summed E-state index contributed by atoms with van der Waals surface area (Å²) in [6, 6.07) is 0.377. The highest BCUT2D eigenvalue weighted by Gasteiger charge is 2.38. The number of ether oxygens (including phenoxy) is 1. The number of halogens is 3. The highest BCUT2D eigenvalue weighted by atomic mass is 28.3. The first kappa shape index (κ1) is 21.7. The fraction of sp³-hybridized carbons (Fsp3) is 0.647. The Labute approximate surface area is 167 Å². The summed E-state index contributed by atoms with van der Waals surface area (Å²) >= 11 is 0. The minimum absolute atomic E-state index is 0.151. The molecule has 1 aliphatic rings. The summed E-state index contributed by atoms with van der Waals surface area (Å²) in [5.41, 5.74) is -1.03. The van der Waals surface area contributed by atoms with E-state index in [1.807, 2.05) is 6.20 Å². The van der Waals surface area contributed by atoms with Crippen molar-refractivity contribution in [2.75, 3.05) is 11.9 Å². The maximum absolute atomic E-state index is 12.8. The van der Waals surface area contributed by atoms with E-state index in [0.717, 1.165) is 17.6 Å². The lowest BCUT2D eigenvalue weighted by Gasteiger charge is -2.38. The number of nitrogens with one attached hydrogen (secondary N) is 1. The van der Waals surface area contributed by atoms with Crippen LogP contribution in [-0.4, -0.2) is 63.0 Å². The first-order valence-electron chi connectivity index (χ1n) is 9.32. The zero-order chi connectivity index (χ0) is 21.4. The highest BCUT2D eigenvalue weighted by Crippen LogP contribution is 2.28. The molecule has 1 aliphatic heterocycles. The number of aliphatic hydroxyl groups excluding tert-OH is 1. The van der Waals surface area contributed by atoms with Gasteiger partial charge in [0.1, 0.15) is 19.9 Å². The molecule has 0 aromatic carbocycles. The van der Waals surface area contributed by atoms with Crippen molar-refractivity contribution < 1.29 is 23.0 Å². The lowest BCUT2D eigenvalue weighted by atomic mass is 9.90. The molecule has 3 heterocycles. The summed E-state index contributed by atoms with van der Waals surface area (Å²) in [6.07, 6.45) is -2.96. The Balaban J connectivity index is 1.64. The predicted octanol–water partition coefficient (Wildman–Crippen LogP) is 1.51. The number of nitrogens with zero attached hydrogens (tertiary/aromatic N) is 5. The Morgan fingerprint density at radius 1 is 1.34 bits per heavy atom. The van der Waals surface area contributed by atoms with E-state index in [9.17, 15) is 18.3 Å². The van der Waals surface area contributed by atoms with Gasteiger partial charge in [0.05, 0.1) is 30.6 Å². The SMILES string of the molecule is C[C@H]1[C@@H](O)[C@@H](Cn2cc([Si](C)(C)C)nn2)OC[C@@H]1Nc1nccc(C(F)(F)F)n1. The molecular formula is C17H25F3N6O2Si. The van der Waals surface area contributed by atoms with Crippen LogP contribution in [0.15, 0.2) is 18.5 Å². The van der Waals surface area contributed by atoms with Crippen LogP contribution >= 0.6 is 0 Å². The molecule has 29 heavy (non-hydrogen) atoms. The minimum Gasteiger partial charge on any atom is -0.390 e. The molecule has 2 aromatic heterocycles. The van der Waals surface area contributed by atoms with E-state index in [-0.39, 0.29) is 18.5 Å². The van der Waals surface area contributed by atoms with Crippen LogP contribution in [0.2, 0.25) is 19.6 Å². The molecule has 4 atom stereocenters. The summed E-state index contributed by atoms with van der Waals surface area (Å²) in [6.45, 7) is 8.85. The summed E-state index contributed by atoms with van der Waals surface area (Å²) in [5.74, 6) is -0.450. The number of aliphatic hydroxyl groups is 1. The number of hydrogen-bond acceptors (Lipinski definition) is 7. The third-order valence-corrected chi connectivity index (χ3v) is 6.74. The van der Waals surface area contributed by atoms with Gasteiger partial charge in [0.2, 0.25) is 5.95 Å². The summed E-state index contributed by atoms with van der Waals surface area (Å²) in [7, 11) is -1.58. The predicted molar refractivity (Wildman–Crippen MR) is 102 cm³/mol. The van der Waals surface area contributed by atoms with E-state index in [1.54, 1.807) is 11.6 Å². The van der Waals surface area contributed by atoms with E-state index in [2.05, 4.69) is 45.2 Å². The molecule has 0 saturated carbocycles.